The smallest absolute Gasteiger partial charge is 0.260 e. The molecule has 4 nitrogen and oxygen atoms in total. The van der Waals surface area contributed by atoms with Crippen molar-refractivity contribution in [3.63, 3.8) is 0 Å². The normalized spacial score (nSPS) is 11.3. The SMILES string of the molecule is CN(c1ccccc1Cl)S(N)(=O)=O. The van der Waals surface area contributed by atoms with Crippen molar-refractivity contribution < 1.29 is 8.42 Å². The third-order valence-corrected chi connectivity index (χ3v) is 2.85. The van der Waals surface area contributed by atoms with E-state index in [-0.39, 0.29) is 0 Å². The number of rotatable bonds is 2. The van der Waals surface area contributed by atoms with Gasteiger partial charge < -0.3 is 0 Å². The number of hydrogen-bond acceptors (Lipinski definition) is 2. The molecule has 0 aliphatic heterocycles. The van der Waals surface area contributed by atoms with Crippen LogP contribution in [0.4, 0.5) is 5.69 Å². The van der Waals surface area contributed by atoms with Crippen LogP contribution < -0.4 is 9.44 Å². The first kappa shape index (κ1) is 10.3. The molecule has 0 heterocycles. The third-order valence-electron chi connectivity index (χ3n) is 1.57. The van der Waals surface area contributed by atoms with Crippen molar-refractivity contribution in [2.45, 2.75) is 0 Å². The predicted molar refractivity (Wildman–Crippen MR) is 53.0 cm³/mol. The lowest BCUT2D eigenvalue weighted by molar-refractivity contribution is 0.596. The minimum atomic E-state index is -3.73. The predicted octanol–water partition coefficient (Wildman–Crippen LogP) is 0.980. The molecule has 13 heavy (non-hydrogen) atoms. The summed E-state index contributed by atoms with van der Waals surface area (Å²) in [5.74, 6) is 0. The van der Waals surface area contributed by atoms with E-state index in [9.17, 15) is 8.42 Å². The number of halogens is 1. The Morgan fingerprint density at radius 1 is 1.38 bits per heavy atom. The Labute approximate surface area is 82.1 Å². The number of anilines is 1. The van der Waals surface area contributed by atoms with Gasteiger partial charge in [-0.15, -0.1) is 0 Å². The molecule has 0 bridgehead atoms. The van der Waals surface area contributed by atoms with E-state index in [1.165, 1.54) is 7.05 Å². The van der Waals surface area contributed by atoms with E-state index in [1.54, 1.807) is 24.3 Å². The zero-order valence-electron chi connectivity index (χ0n) is 6.94. The van der Waals surface area contributed by atoms with E-state index in [1.807, 2.05) is 0 Å². The van der Waals surface area contributed by atoms with Crippen molar-refractivity contribution in [3.8, 4) is 0 Å². The van der Waals surface area contributed by atoms with Gasteiger partial charge in [-0.2, -0.15) is 8.42 Å². The Hall–Kier alpha value is -0.780. The maximum atomic E-state index is 10.9. The lowest BCUT2D eigenvalue weighted by Gasteiger charge is -2.16. The Balaban J connectivity index is 3.17. The van der Waals surface area contributed by atoms with Gasteiger partial charge in [-0.1, -0.05) is 23.7 Å². The standard InChI is InChI=1S/C7H9ClN2O2S/c1-10(13(9,11)12)7-5-3-2-4-6(7)8/h2-5H,1H3,(H2,9,11,12). The monoisotopic (exact) mass is 220 g/mol. The number of benzene rings is 1. The van der Waals surface area contributed by atoms with Crippen LogP contribution in [-0.2, 0) is 10.2 Å². The summed E-state index contributed by atoms with van der Waals surface area (Å²) in [6, 6.07) is 6.57. The molecule has 0 aromatic heterocycles. The van der Waals surface area contributed by atoms with E-state index in [2.05, 4.69) is 0 Å². The fourth-order valence-corrected chi connectivity index (χ4v) is 1.59. The van der Waals surface area contributed by atoms with Crippen LogP contribution in [0.5, 0.6) is 0 Å². The van der Waals surface area contributed by atoms with Crippen molar-refractivity contribution >= 4 is 27.5 Å². The van der Waals surface area contributed by atoms with Crippen LogP contribution in [0.3, 0.4) is 0 Å². The van der Waals surface area contributed by atoms with Crippen LogP contribution in [0.25, 0.3) is 0 Å². The molecule has 1 aromatic rings. The summed E-state index contributed by atoms with van der Waals surface area (Å²) in [5, 5.41) is 5.27. The second kappa shape index (κ2) is 3.53. The van der Waals surface area contributed by atoms with Crippen molar-refractivity contribution in [2.24, 2.45) is 5.14 Å². The molecule has 0 amide bonds. The van der Waals surface area contributed by atoms with Crippen LogP contribution in [0.1, 0.15) is 0 Å². The second-order valence-electron chi connectivity index (χ2n) is 2.46. The summed E-state index contributed by atoms with van der Waals surface area (Å²) in [6.07, 6.45) is 0. The summed E-state index contributed by atoms with van der Waals surface area (Å²) >= 11 is 5.76. The van der Waals surface area contributed by atoms with Crippen LogP contribution >= 0.6 is 11.6 Å². The summed E-state index contributed by atoms with van der Waals surface area (Å²) in [6.45, 7) is 0. The molecule has 1 aromatic carbocycles. The maximum Gasteiger partial charge on any atom is 0.298 e. The largest absolute Gasteiger partial charge is 0.298 e. The zero-order valence-corrected chi connectivity index (χ0v) is 8.51. The molecule has 0 aliphatic rings. The summed E-state index contributed by atoms with van der Waals surface area (Å²) in [4.78, 5) is 0. The molecule has 0 fully saturated rings. The van der Waals surface area contributed by atoms with Gasteiger partial charge in [0, 0.05) is 7.05 Å². The van der Waals surface area contributed by atoms with Gasteiger partial charge >= 0.3 is 0 Å². The summed E-state index contributed by atoms with van der Waals surface area (Å²) < 4.78 is 22.8. The molecule has 0 aliphatic carbocycles. The van der Waals surface area contributed by atoms with Crippen LogP contribution in [-0.4, -0.2) is 15.5 Å². The first-order valence-electron chi connectivity index (χ1n) is 3.44. The van der Waals surface area contributed by atoms with Crippen molar-refractivity contribution in [3.05, 3.63) is 29.3 Å². The number of nitrogens with two attached hydrogens (primary N) is 1. The number of hydrogen-bond donors (Lipinski definition) is 1. The fourth-order valence-electron chi connectivity index (χ4n) is 0.844. The molecular weight excluding hydrogens is 212 g/mol. The average molecular weight is 221 g/mol. The molecule has 0 radical (unpaired) electrons. The maximum absolute atomic E-state index is 10.9. The Morgan fingerprint density at radius 2 is 1.92 bits per heavy atom. The average Bonchev–Trinajstić information content (AvgIpc) is 2.02. The molecule has 6 heteroatoms. The van der Waals surface area contributed by atoms with Crippen LogP contribution in [0.2, 0.25) is 5.02 Å². The summed E-state index contributed by atoms with van der Waals surface area (Å²) in [7, 11) is -2.39. The highest BCUT2D eigenvalue weighted by Crippen LogP contribution is 2.24. The van der Waals surface area contributed by atoms with Gasteiger partial charge in [0.2, 0.25) is 0 Å². The van der Waals surface area contributed by atoms with Gasteiger partial charge in [0.05, 0.1) is 10.7 Å². The lowest BCUT2D eigenvalue weighted by Crippen LogP contribution is -2.33. The topological polar surface area (TPSA) is 63.4 Å². The molecular formula is C7H9ClN2O2S. The highest BCUT2D eigenvalue weighted by molar-refractivity contribution is 7.90. The van der Waals surface area contributed by atoms with Gasteiger partial charge in [0.1, 0.15) is 0 Å². The molecule has 0 saturated heterocycles. The van der Waals surface area contributed by atoms with E-state index in [0.29, 0.717) is 10.7 Å². The number of nitrogens with zero attached hydrogens (tertiary/aromatic N) is 1. The summed E-state index contributed by atoms with van der Waals surface area (Å²) in [5.41, 5.74) is 0.367. The van der Waals surface area contributed by atoms with Gasteiger partial charge in [0.25, 0.3) is 10.2 Å². The molecule has 2 N–H and O–H groups in total. The third kappa shape index (κ3) is 2.33. The quantitative estimate of drug-likeness (QED) is 0.808. The number of para-hydroxylation sites is 1. The fraction of sp³-hybridized carbons (Fsp3) is 0.143. The first-order valence-corrected chi connectivity index (χ1v) is 5.32. The Morgan fingerprint density at radius 3 is 2.38 bits per heavy atom. The van der Waals surface area contributed by atoms with Crippen LogP contribution in [0, 0.1) is 0 Å². The van der Waals surface area contributed by atoms with Crippen molar-refractivity contribution in [1.82, 2.24) is 0 Å². The molecule has 0 unspecified atom stereocenters. The minimum absolute atomic E-state index is 0.346. The van der Waals surface area contributed by atoms with E-state index < -0.39 is 10.2 Å². The lowest BCUT2D eigenvalue weighted by atomic mass is 10.3. The Bertz CT molecular complexity index is 405. The zero-order chi connectivity index (χ0) is 10.1. The Kier molecular flexibility index (Phi) is 2.80. The van der Waals surface area contributed by atoms with E-state index in [0.717, 1.165) is 4.31 Å². The molecule has 72 valence electrons. The van der Waals surface area contributed by atoms with Gasteiger partial charge in [0.15, 0.2) is 0 Å². The second-order valence-corrected chi connectivity index (χ2v) is 4.45. The van der Waals surface area contributed by atoms with Crippen molar-refractivity contribution in [1.29, 1.82) is 0 Å². The molecule has 1 rings (SSSR count). The van der Waals surface area contributed by atoms with Crippen LogP contribution in [0.15, 0.2) is 24.3 Å². The minimum Gasteiger partial charge on any atom is -0.260 e. The van der Waals surface area contributed by atoms with Crippen molar-refractivity contribution in [2.75, 3.05) is 11.4 Å². The van der Waals surface area contributed by atoms with Gasteiger partial charge in [-0.05, 0) is 12.1 Å². The molecule has 0 atom stereocenters. The molecule has 0 spiro atoms. The van der Waals surface area contributed by atoms with E-state index in [4.69, 9.17) is 16.7 Å². The highest BCUT2D eigenvalue weighted by Gasteiger charge is 2.14. The molecule has 0 saturated carbocycles. The van der Waals surface area contributed by atoms with E-state index >= 15 is 0 Å². The highest BCUT2D eigenvalue weighted by atomic mass is 35.5. The van der Waals surface area contributed by atoms with Gasteiger partial charge in [-0.3, -0.25) is 4.31 Å². The van der Waals surface area contributed by atoms with Gasteiger partial charge in [-0.25, -0.2) is 5.14 Å². The first-order chi connectivity index (χ1) is 5.93.